The summed E-state index contributed by atoms with van der Waals surface area (Å²) in [5, 5.41) is 8.97. The molecule has 0 fully saturated rings. The number of hydrogen-bond acceptors (Lipinski definition) is 2. The highest BCUT2D eigenvalue weighted by molar-refractivity contribution is 5.86. The first-order chi connectivity index (χ1) is 9.25. The summed E-state index contributed by atoms with van der Waals surface area (Å²) in [4.78, 5) is 10.9. The highest BCUT2D eigenvalue weighted by atomic mass is 16.5. The van der Waals surface area contributed by atoms with Crippen LogP contribution in [0.3, 0.4) is 0 Å². The van der Waals surface area contributed by atoms with Crippen molar-refractivity contribution < 1.29 is 14.6 Å². The van der Waals surface area contributed by atoms with Gasteiger partial charge in [0.25, 0.3) is 0 Å². The molecule has 0 aliphatic rings. The Morgan fingerprint density at radius 3 is 2.50 bits per heavy atom. The third-order valence-corrected chi connectivity index (χ3v) is 3.17. The van der Waals surface area contributed by atoms with Crippen molar-refractivity contribution in [3.63, 3.8) is 0 Å². The molecule has 0 heterocycles. The van der Waals surface area contributed by atoms with Gasteiger partial charge < -0.3 is 9.84 Å². The Labute approximate surface area is 121 Å². The minimum absolute atomic E-state index is 0.00848. The average Bonchev–Trinajstić information content (AvgIpc) is 2.34. The van der Waals surface area contributed by atoms with E-state index in [1.807, 2.05) is 19.1 Å². The van der Waals surface area contributed by atoms with E-state index < -0.39 is 5.97 Å². The largest absolute Gasteiger partial charge is 0.489 e. The standard InChI is InChI=1S/C17H24O3/c1-6-13(16(18)19)9-10-20-15-8-7-12(2)11-14(15)17(3,4)5/h7-9,11H,6,10H2,1-5H3,(H,18,19). The molecule has 0 aliphatic carbocycles. The zero-order valence-electron chi connectivity index (χ0n) is 13.0. The van der Waals surface area contributed by atoms with Gasteiger partial charge in [-0.2, -0.15) is 0 Å². The molecule has 0 amide bonds. The first-order valence-electron chi connectivity index (χ1n) is 6.92. The number of aryl methyl sites for hydroxylation is 1. The fourth-order valence-corrected chi connectivity index (χ4v) is 1.97. The summed E-state index contributed by atoms with van der Waals surface area (Å²) in [5.74, 6) is -0.0590. The van der Waals surface area contributed by atoms with Crippen molar-refractivity contribution in [2.75, 3.05) is 6.61 Å². The minimum atomic E-state index is -0.879. The van der Waals surface area contributed by atoms with Gasteiger partial charge in [-0.25, -0.2) is 4.79 Å². The van der Waals surface area contributed by atoms with E-state index in [1.54, 1.807) is 6.08 Å². The van der Waals surface area contributed by atoms with Gasteiger partial charge in [-0.15, -0.1) is 0 Å². The number of carbonyl (C=O) groups is 1. The van der Waals surface area contributed by atoms with Gasteiger partial charge in [-0.05, 0) is 36.5 Å². The number of ether oxygens (including phenoxy) is 1. The van der Waals surface area contributed by atoms with Gasteiger partial charge in [0.2, 0.25) is 0 Å². The molecule has 0 aromatic heterocycles. The Kier molecular flexibility index (Phi) is 5.37. The molecule has 0 bridgehead atoms. The van der Waals surface area contributed by atoms with Gasteiger partial charge in [0, 0.05) is 5.57 Å². The van der Waals surface area contributed by atoms with Crippen molar-refractivity contribution in [2.45, 2.75) is 46.5 Å². The molecule has 0 atom stereocenters. The first kappa shape index (κ1) is 16.3. The van der Waals surface area contributed by atoms with Gasteiger partial charge in [-0.1, -0.05) is 45.4 Å². The summed E-state index contributed by atoms with van der Waals surface area (Å²) >= 11 is 0. The van der Waals surface area contributed by atoms with Crippen LogP contribution >= 0.6 is 0 Å². The minimum Gasteiger partial charge on any atom is -0.489 e. The van der Waals surface area contributed by atoms with Crippen LogP contribution in [-0.4, -0.2) is 17.7 Å². The second-order valence-electron chi connectivity index (χ2n) is 5.95. The normalized spacial score (nSPS) is 12.3. The van der Waals surface area contributed by atoms with Crippen LogP contribution in [0, 0.1) is 6.92 Å². The molecule has 1 rings (SSSR count). The van der Waals surface area contributed by atoms with Crippen molar-refractivity contribution in [1.29, 1.82) is 0 Å². The van der Waals surface area contributed by atoms with E-state index in [0.717, 1.165) is 11.3 Å². The first-order valence-corrected chi connectivity index (χ1v) is 6.92. The second-order valence-corrected chi connectivity index (χ2v) is 5.95. The van der Waals surface area contributed by atoms with Crippen molar-refractivity contribution >= 4 is 5.97 Å². The SMILES string of the molecule is CCC(=CCOc1ccc(C)cc1C(C)(C)C)C(=O)O. The van der Waals surface area contributed by atoms with Crippen LogP contribution in [0.25, 0.3) is 0 Å². The van der Waals surface area contributed by atoms with Crippen LogP contribution in [0.4, 0.5) is 0 Å². The van der Waals surface area contributed by atoms with Crippen LogP contribution in [0.1, 0.15) is 45.2 Å². The van der Waals surface area contributed by atoms with E-state index in [-0.39, 0.29) is 12.0 Å². The lowest BCUT2D eigenvalue weighted by atomic mass is 9.85. The molecule has 110 valence electrons. The predicted octanol–water partition coefficient (Wildman–Crippen LogP) is 4.09. The maximum absolute atomic E-state index is 10.9. The van der Waals surface area contributed by atoms with Crippen LogP contribution in [0.2, 0.25) is 0 Å². The molecule has 0 unspecified atom stereocenters. The molecule has 0 radical (unpaired) electrons. The summed E-state index contributed by atoms with van der Waals surface area (Å²) in [6.45, 7) is 10.6. The van der Waals surface area contributed by atoms with Gasteiger partial charge in [0.1, 0.15) is 12.4 Å². The number of benzene rings is 1. The number of carboxylic acid groups (broad SMARTS) is 1. The van der Waals surface area contributed by atoms with E-state index in [1.165, 1.54) is 5.56 Å². The van der Waals surface area contributed by atoms with E-state index in [4.69, 9.17) is 9.84 Å². The molecule has 0 aliphatic heterocycles. The third-order valence-electron chi connectivity index (χ3n) is 3.17. The molecule has 0 spiro atoms. The summed E-state index contributed by atoms with van der Waals surface area (Å²) < 4.78 is 5.76. The van der Waals surface area contributed by atoms with Gasteiger partial charge in [-0.3, -0.25) is 0 Å². The smallest absolute Gasteiger partial charge is 0.331 e. The van der Waals surface area contributed by atoms with Gasteiger partial charge >= 0.3 is 5.97 Å². The highest BCUT2D eigenvalue weighted by Crippen LogP contribution is 2.32. The molecule has 0 saturated carbocycles. The Morgan fingerprint density at radius 1 is 1.35 bits per heavy atom. The quantitative estimate of drug-likeness (QED) is 0.824. The van der Waals surface area contributed by atoms with E-state index in [9.17, 15) is 4.79 Å². The predicted molar refractivity (Wildman–Crippen MR) is 81.4 cm³/mol. The number of aliphatic carboxylic acids is 1. The molecule has 3 heteroatoms. The summed E-state index contributed by atoms with van der Waals surface area (Å²) in [5.41, 5.74) is 2.71. The van der Waals surface area contributed by atoms with Crippen molar-refractivity contribution in [1.82, 2.24) is 0 Å². The number of hydrogen-bond donors (Lipinski definition) is 1. The zero-order valence-corrected chi connectivity index (χ0v) is 13.0. The number of rotatable bonds is 5. The molecule has 1 aromatic rings. The van der Waals surface area contributed by atoms with E-state index >= 15 is 0 Å². The molecule has 1 N–H and O–H groups in total. The molecule has 0 saturated heterocycles. The number of carboxylic acids is 1. The highest BCUT2D eigenvalue weighted by Gasteiger charge is 2.19. The van der Waals surface area contributed by atoms with Crippen LogP contribution < -0.4 is 4.74 Å². The molecule has 3 nitrogen and oxygen atoms in total. The Morgan fingerprint density at radius 2 is 2.00 bits per heavy atom. The Hall–Kier alpha value is -1.77. The van der Waals surface area contributed by atoms with Gasteiger partial charge in [0.05, 0.1) is 0 Å². The zero-order chi connectivity index (χ0) is 15.3. The molecular formula is C17H24O3. The van der Waals surface area contributed by atoms with Crippen LogP contribution in [0.15, 0.2) is 29.8 Å². The summed E-state index contributed by atoms with van der Waals surface area (Å²) in [7, 11) is 0. The summed E-state index contributed by atoms with van der Waals surface area (Å²) in [6.07, 6.45) is 2.13. The van der Waals surface area contributed by atoms with Crippen molar-refractivity contribution in [2.24, 2.45) is 0 Å². The lowest BCUT2D eigenvalue weighted by Gasteiger charge is -2.23. The molecular weight excluding hydrogens is 252 g/mol. The molecule has 1 aromatic carbocycles. The average molecular weight is 276 g/mol. The summed E-state index contributed by atoms with van der Waals surface area (Å²) in [6, 6.07) is 6.08. The monoisotopic (exact) mass is 276 g/mol. The van der Waals surface area contributed by atoms with Crippen LogP contribution in [-0.2, 0) is 10.2 Å². The van der Waals surface area contributed by atoms with E-state index in [2.05, 4.69) is 33.8 Å². The fourth-order valence-electron chi connectivity index (χ4n) is 1.97. The molecule has 20 heavy (non-hydrogen) atoms. The lowest BCUT2D eigenvalue weighted by Crippen LogP contribution is -2.14. The van der Waals surface area contributed by atoms with E-state index in [0.29, 0.717) is 12.0 Å². The van der Waals surface area contributed by atoms with Crippen molar-refractivity contribution in [3.05, 3.63) is 41.0 Å². The Bertz CT molecular complexity index is 507. The maximum atomic E-state index is 10.9. The topological polar surface area (TPSA) is 46.5 Å². The van der Waals surface area contributed by atoms with Crippen LogP contribution in [0.5, 0.6) is 5.75 Å². The third kappa shape index (κ3) is 4.41. The maximum Gasteiger partial charge on any atom is 0.331 e. The second kappa shape index (κ2) is 6.60. The Balaban J connectivity index is 2.91. The fraction of sp³-hybridized carbons (Fsp3) is 0.471. The van der Waals surface area contributed by atoms with Gasteiger partial charge in [0.15, 0.2) is 0 Å². The van der Waals surface area contributed by atoms with Crippen molar-refractivity contribution in [3.8, 4) is 5.75 Å². The lowest BCUT2D eigenvalue weighted by molar-refractivity contribution is -0.132.